The maximum atomic E-state index is 13.0. The molecule has 20 heavy (non-hydrogen) atoms. The fourth-order valence-electron chi connectivity index (χ4n) is 1.93. The molecule has 0 spiro atoms. The number of esters is 1. The van der Waals surface area contributed by atoms with Crippen LogP contribution in [0.1, 0.15) is 5.56 Å². The number of ether oxygens (including phenoxy) is 2. The van der Waals surface area contributed by atoms with E-state index >= 15 is 0 Å². The number of hydrogen-bond donors (Lipinski definition) is 0. The van der Waals surface area contributed by atoms with E-state index in [1.165, 1.54) is 19.2 Å². The van der Waals surface area contributed by atoms with Crippen LogP contribution < -0.4 is 4.74 Å². The van der Waals surface area contributed by atoms with Crippen molar-refractivity contribution in [2.45, 2.75) is 6.42 Å². The predicted octanol–water partition coefficient (Wildman–Crippen LogP) is 3.22. The molecule has 0 fully saturated rings. The van der Waals surface area contributed by atoms with Crippen LogP contribution in [0.5, 0.6) is 5.75 Å². The van der Waals surface area contributed by atoms with Gasteiger partial charge in [-0.15, -0.1) is 0 Å². The lowest BCUT2D eigenvalue weighted by Crippen LogP contribution is -2.04. The fraction of sp³-hybridized carbons (Fsp3) is 0.188. The Kier molecular flexibility index (Phi) is 4.35. The van der Waals surface area contributed by atoms with E-state index < -0.39 is 0 Å². The lowest BCUT2D eigenvalue weighted by Gasteiger charge is -2.09. The van der Waals surface area contributed by atoms with Crippen LogP contribution in [0.15, 0.2) is 42.5 Å². The molecule has 0 aliphatic heterocycles. The van der Waals surface area contributed by atoms with Crippen molar-refractivity contribution in [3.8, 4) is 16.9 Å². The van der Waals surface area contributed by atoms with Crippen LogP contribution in [0.25, 0.3) is 11.1 Å². The zero-order chi connectivity index (χ0) is 14.5. The smallest absolute Gasteiger partial charge is 0.309 e. The van der Waals surface area contributed by atoms with Gasteiger partial charge in [-0.3, -0.25) is 4.79 Å². The summed E-state index contributed by atoms with van der Waals surface area (Å²) in [6.07, 6.45) is 0.169. The van der Waals surface area contributed by atoms with Crippen molar-refractivity contribution in [1.29, 1.82) is 0 Å². The summed E-state index contributed by atoms with van der Waals surface area (Å²) in [4.78, 5) is 11.4. The highest BCUT2D eigenvalue weighted by atomic mass is 19.1. The van der Waals surface area contributed by atoms with Gasteiger partial charge in [-0.25, -0.2) is 4.39 Å². The summed E-state index contributed by atoms with van der Waals surface area (Å²) < 4.78 is 22.8. The topological polar surface area (TPSA) is 35.5 Å². The van der Waals surface area contributed by atoms with Crippen molar-refractivity contribution in [2.75, 3.05) is 14.2 Å². The van der Waals surface area contributed by atoms with Gasteiger partial charge in [-0.05, 0) is 41.0 Å². The van der Waals surface area contributed by atoms with Crippen LogP contribution in [0.4, 0.5) is 4.39 Å². The average Bonchev–Trinajstić information content (AvgIpc) is 2.47. The maximum Gasteiger partial charge on any atom is 0.309 e. The van der Waals surface area contributed by atoms with E-state index in [2.05, 4.69) is 4.74 Å². The number of benzene rings is 2. The normalized spacial score (nSPS) is 10.2. The first kappa shape index (κ1) is 14.1. The van der Waals surface area contributed by atoms with Crippen LogP contribution in [0, 0.1) is 5.82 Å². The predicted molar refractivity (Wildman–Crippen MR) is 74.1 cm³/mol. The average molecular weight is 274 g/mol. The molecule has 0 amide bonds. The molecule has 0 heterocycles. The summed E-state index contributed by atoms with van der Waals surface area (Å²) in [6.45, 7) is 0. The zero-order valence-electron chi connectivity index (χ0n) is 11.4. The first-order valence-electron chi connectivity index (χ1n) is 6.13. The van der Waals surface area contributed by atoms with Crippen molar-refractivity contribution in [3.05, 3.63) is 53.8 Å². The van der Waals surface area contributed by atoms with E-state index in [-0.39, 0.29) is 18.2 Å². The fourth-order valence-corrected chi connectivity index (χ4v) is 1.93. The van der Waals surface area contributed by atoms with Gasteiger partial charge in [0.05, 0.1) is 20.6 Å². The molecule has 0 N–H and O–H groups in total. The standard InChI is InChI=1S/C16H15FO3/c1-19-15-8-11(9-16(18)20-2)7-13(10-15)12-3-5-14(17)6-4-12/h3-8,10H,9H2,1-2H3. The van der Waals surface area contributed by atoms with Gasteiger partial charge >= 0.3 is 5.97 Å². The van der Waals surface area contributed by atoms with Crippen LogP contribution in [-0.2, 0) is 16.0 Å². The van der Waals surface area contributed by atoms with Gasteiger partial charge in [0.25, 0.3) is 0 Å². The summed E-state index contributed by atoms with van der Waals surface area (Å²) in [5, 5.41) is 0. The van der Waals surface area contributed by atoms with E-state index in [9.17, 15) is 9.18 Å². The lowest BCUT2D eigenvalue weighted by atomic mass is 10.0. The first-order valence-corrected chi connectivity index (χ1v) is 6.13. The minimum atomic E-state index is -0.316. The summed E-state index contributed by atoms with van der Waals surface area (Å²) in [5.74, 6) is 0.0421. The van der Waals surface area contributed by atoms with E-state index in [0.717, 1.165) is 16.7 Å². The van der Waals surface area contributed by atoms with Gasteiger partial charge < -0.3 is 9.47 Å². The third-order valence-electron chi connectivity index (χ3n) is 2.96. The van der Waals surface area contributed by atoms with Crippen molar-refractivity contribution >= 4 is 5.97 Å². The number of halogens is 1. The lowest BCUT2D eigenvalue weighted by molar-refractivity contribution is -0.139. The molecule has 0 radical (unpaired) electrons. The first-order chi connectivity index (χ1) is 9.62. The van der Waals surface area contributed by atoms with E-state index in [0.29, 0.717) is 5.75 Å². The molecule has 0 atom stereocenters. The molecule has 0 saturated carbocycles. The zero-order valence-corrected chi connectivity index (χ0v) is 11.4. The second kappa shape index (κ2) is 6.19. The summed E-state index contributed by atoms with van der Waals surface area (Å²) in [7, 11) is 2.91. The van der Waals surface area contributed by atoms with Crippen LogP contribution >= 0.6 is 0 Å². The maximum absolute atomic E-state index is 13.0. The SMILES string of the molecule is COC(=O)Cc1cc(OC)cc(-c2ccc(F)cc2)c1. The van der Waals surface area contributed by atoms with Gasteiger partial charge in [-0.2, -0.15) is 0 Å². The largest absolute Gasteiger partial charge is 0.497 e. The Morgan fingerprint density at radius 2 is 1.75 bits per heavy atom. The molecule has 0 saturated heterocycles. The van der Waals surface area contributed by atoms with Gasteiger partial charge in [0.15, 0.2) is 0 Å². The van der Waals surface area contributed by atoms with E-state index in [1.54, 1.807) is 25.3 Å². The molecule has 0 aliphatic rings. The Balaban J connectivity index is 2.39. The Morgan fingerprint density at radius 3 is 2.35 bits per heavy atom. The molecule has 2 rings (SSSR count). The molecule has 104 valence electrons. The van der Waals surface area contributed by atoms with Gasteiger partial charge in [0.2, 0.25) is 0 Å². The molecule has 3 nitrogen and oxygen atoms in total. The monoisotopic (exact) mass is 274 g/mol. The summed E-state index contributed by atoms with van der Waals surface area (Å²) in [5.41, 5.74) is 2.51. The summed E-state index contributed by atoms with van der Waals surface area (Å²) >= 11 is 0. The third kappa shape index (κ3) is 3.35. The molecule has 0 aromatic heterocycles. The Hall–Kier alpha value is -2.36. The van der Waals surface area contributed by atoms with E-state index in [1.807, 2.05) is 12.1 Å². The van der Waals surface area contributed by atoms with Gasteiger partial charge in [-0.1, -0.05) is 18.2 Å². The van der Waals surface area contributed by atoms with Crippen molar-refractivity contribution in [2.24, 2.45) is 0 Å². The highest BCUT2D eigenvalue weighted by molar-refractivity contribution is 5.74. The Morgan fingerprint density at radius 1 is 1.05 bits per heavy atom. The van der Waals surface area contributed by atoms with Gasteiger partial charge in [0.1, 0.15) is 11.6 Å². The second-order valence-electron chi connectivity index (χ2n) is 4.33. The van der Waals surface area contributed by atoms with Gasteiger partial charge in [0, 0.05) is 0 Å². The Bertz CT molecular complexity index is 606. The Labute approximate surface area is 117 Å². The quantitative estimate of drug-likeness (QED) is 0.803. The minimum Gasteiger partial charge on any atom is -0.497 e. The van der Waals surface area contributed by atoms with Crippen molar-refractivity contribution in [3.63, 3.8) is 0 Å². The number of carbonyl (C=O) groups is 1. The summed E-state index contributed by atoms with van der Waals surface area (Å²) in [6, 6.07) is 11.7. The molecule has 0 bridgehead atoms. The number of hydrogen-bond acceptors (Lipinski definition) is 3. The number of methoxy groups -OCH3 is 2. The second-order valence-corrected chi connectivity index (χ2v) is 4.33. The van der Waals surface area contributed by atoms with Crippen LogP contribution in [0.2, 0.25) is 0 Å². The molecular formula is C16H15FO3. The molecule has 2 aromatic rings. The molecule has 0 aliphatic carbocycles. The minimum absolute atomic E-state index is 0.169. The molecule has 2 aromatic carbocycles. The number of rotatable bonds is 4. The number of carbonyl (C=O) groups excluding carboxylic acids is 1. The molecule has 4 heteroatoms. The third-order valence-corrected chi connectivity index (χ3v) is 2.96. The highest BCUT2D eigenvalue weighted by Gasteiger charge is 2.08. The molecular weight excluding hydrogens is 259 g/mol. The van der Waals surface area contributed by atoms with Crippen molar-refractivity contribution in [1.82, 2.24) is 0 Å². The van der Waals surface area contributed by atoms with Crippen LogP contribution in [-0.4, -0.2) is 20.2 Å². The van der Waals surface area contributed by atoms with E-state index in [4.69, 9.17) is 4.74 Å². The highest BCUT2D eigenvalue weighted by Crippen LogP contribution is 2.26. The van der Waals surface area contributed by atoms with Crippen molar-refractivity contribution < 1.29 is 18.7 Å². The molecule has 0 unspecified atom stereocenters. The van der Waals surface area contributed by atoms with Crippen LogP contribution in [0.3, 0.4) is 0 Å².